The van der Waals surface area contributed by atoms with Gasteiger partial charge in [-0.25, -0.2) is 13.6 Å². The number of halogens is 2. The molecule has 27 heavy (non-hydrogen) atoms. The molecule has 1 amide bonds. The molecule has 0 radical (unpaired) electrons. The highest BCUT2D eigenvalue weighted by atomic mass is 19.1. The molecule has 3 rings (SSSR count). The number of amides is 1. The summed E-state index contributed by atoms with van der Waals surface area (Å²) in [5.41, 5.74) is -0.284. The molecule has 0 bridgehead atoms. The Bertz CT molecular complexity index is 873. The zero-order chi connectivity index (χ0) is 19.6. The number of rotatable bonds is 6. The van der Waals surface area contributed by atoms with E-state index in [4.69, 9.17) is 9.84 Å². The van der Waals surface area contributed by atoms with Crippen molar-refractivity contribution in [3.8, 4) is 5.75 Å². The predicted molar refractivity (Wildman–Crippen MR) is 94.8 cm³/mol. The third-order valence-corrected chi connectivity index (χ3v) is 4.89. The lowest BCUT2D eigenvalue weighted by molar-refractivity contribution is -0.139. The van der Waals surface area contributed by atoms with E-state index in [1.807, 2.05) is 0 Å². The Hall–Kier alpha value is -2.96. The van der Waals surface area contributed by atoms with Crippen molar-refractivity contribution in [2.45, 2.75) is 31.6 Å². The number of carboxylic acid groups (broad SMARTS) is 1. The highest BCUT2D eigenvalue weighted by Gasteiger charge is 2.49. The Balaban J connectivity index is 1.83. The maximum absolute atomic E-state index is 14.3. The van der Waals surface area contributed by atoms with Crippen molar-refractivity contribution >= 4 is 17.6 Å². The van der Waals surface area contributed by atoms with Crippen molar-refractivity contribution in [2.75, 3.05) is 11.9 Å². The minimum Gasteiger partial charge on any atom is -0.482 e. The molecule has 2 N–H and O–H groups in total. The highest BCUT2D eigenvalue weighted by molar-refractivity contribution is 6.00. The first-order chi connectivity index (χ1) is 12.8. The van der Waals surface area contributed by atoms with Crippen molar-refractivity contribution in [2.24, 2.45) is 0 Å². The van der Waals surface area contributed by atoms with Crippen molar-refractivity contribution in [3.05, 3.63) is 59.2 Å². The SMILES string of the molecule is Cc1cc(OCC(=O)O)ccc1NC(=O)C1(c2c(F)cccc2F)CCC1. The Kier molecular flexibility index (Phi) is 5.12. The van der Waals surface area contributed by atoms with Gasteiger partial charge in [-0.2, -0.15) is 0 Å². The van der Waals surface area contributed by atoms with Gasteiger partial charge in [0, 0.05) is 11.3 Å². The predicted octanol–water partition coefficient (Wildman–Crippen LogP) is 3.80. The second-order valence-corrected chi connectivity index (χ2v) is 6.65. The van der Waals surface area contributed by atoms with E-state index >= 15 is 0 Å². The van der Waals surface area contributed by atoms with Crippen LogP contribution in [0.5, 0.6) is 5.75 Å². The summed E-state index contributed by atoms with van der Waals surface area (Å²) in [6.07, 6.45) is 1.45. The molecule has 7 heteroatoms. The van der Waals surface area contributed by atoms with E-state index in [-0.39, 0.29) is 5.56 Å². The molecule has 0 spiro atoms. The normalized spacial score (nSPS) is 14.9. The molecular weight excluding hydrogens is 356 g/mol. The smallest absolute Gasteiger partial charge is 0.341 e. The van der Waals surface area contributed by atoms with Gasteiger partial charge in [-0.05, 0) is 55.7 Å². The number of ether oxygens (including phenoxy) is 1. The van der Waals surface area contributed by atoms with Gasteiger partial charge in [0.15, 0.2) is 6.61 Å². The van der Waals surface area contributed by atoms with Crippen LogP contribution in [0.2, 0.25) is 0 Å². The quantitative estimate of drug-likeness (QED) is 0.805. The van der Waals surface area contributed by atoms with Crippen molar-refractivity contribution in [1.82, 2.24) is 0 Å². The van der Waals surface area contributed by atoms with Gasteiger partial charge in [-0.1, -0.05) is 12.5 Å². The van der Waals surface area contributed by atoms with Crippen LogP contribution in [0.4, 0.5) is 14.5 Å². The second kappa shape index (κ2) is 7.34. The van der Waals surface area contributed by atoms with Gasteiger partial charge in [-0.15, -0.1) is 0 Å². The summed E-state index contributed by atoms with van der Waals surface area (Å²) in [7, 11) is 0. The molecule has 0 aromatic heterocycles. The largest absolute Gasteiger partial charge is 0.482 e. The van der Waals surface area contributed by atoms with Crippen molar-refractivity contribution in [3.63, 3.8) is 0 Å². The number of nitrogens with one attached hydrogen (secondary N) is 1. The van der Waals surface area contributed by atoms with Gasteiger partial charge >= 0.3 is 5.97 Å². The molecule has 142 valence electrons. The fourth-order valence-electron chi connectivity index (χ4n) is 3.33. The Morgan fingerprint density at radius 3 is 2.37 bits per heavy atom. The second-order valence-electron chi connectivity index (χ2n) is 6.65. The third kappa shape index (κ3) is 3.63. The topological polar surface area (TPSA) is 75.6 Å². The highest BCUT2D eigenvalue weighted by Crippen LogP contribution is 2.46. The molecule has 1 aliphatic rings. The molecule has 0 aliphatic heterocycles. The van der Waals surface area contributed by atoms with Crippen LogP contribution >= 0.6 is 0 Å². The molecule has 0 heterocycles. The third-order valence-electron chi connectivity index (χ3n) is 4.89. The minimum atomic E-state index is -1.22. The zero-order valence-electron chi connectivity index (χ0n) is 14.7. The zero-order valence-corrected chi connectivity index (χ0v) is 14.7. The van der Waals surface area contributed by atoms with Crippen LogP contribution in [0, 0.1) is 18.6 Å². The van der Waals surface area contributed by atoms with Crippen LogP contribution in [0.3, 0.4) is 0 Å². The van der Waals surface area contributed by atoms with E-state index in [1.54, 1.807) is 19.1 Å². The van der Waals surface area contributed by atoms with Crippen LogP contribution in [0.25, 0.3) is 0 Å². The van der Waals surface area contributed by atoms with Gasteiger partial charge in [-0.3, -0.25) is 4.79 Å². The maximum atomic E-state index is 14.3. The lowest BCUT2D eigenvalue weighted by atomic mass is 9.63. The van der Waals surface area contributed by atoms with Crippen molar-refractivity contribution < 1.29 is 28.2 Å². The first-order valence-corrected chi connectivity index (χ1v) is 8.55. The number of aryl methyl sites for hydroxylation is 1. The lowest BCUT2D eigenvalue weighted by Crippen LogP contribution is -2.47. The van der Waals surface area contributed by atoms with E-state index in [0.29, 0.717) is 36.3 Å². The number of hydrogen-bond donors (Lipinski definition) is 2. The number of anilines is 1. The fraction of sp³-hybridized carbons (Fsp3) is 0.300. The lowest BCUT2D eigenvalue weighted by Gasteiger charge is -2.41. The van der Waals surface area contributed by atoms with Crippen molar-refractivity contribution in [1.29, 1.82) is 0 Å². The van der Waals surface area contributed by atoms with Gasteiger partial charge in [0.2, 0.25) is 5.91 Å². The average Bonchev–Trinajstić information content (AvgIpc) is 2.56. The van der Waals surface area contributed by atoms with E-state index in [2.05, 4.69) is 5.32 Å². The van der Waals surface area contributed by atoms with Crippen LogP contribution < -0.4 is 10.1 Å². The van der Waals surface area contributed by atoms with E-state index < -0.39 is 35.5 Å². The molecule has 2 aromatic carbocycles. The summed E-state index contributed by atoms with van der Waals surface area (Å²) in [6, 6.07) is 8.29. The first kappa shape index (κ1) is 18.8. The number of hydrogen-bond acceptors (Lipinski definition) is 3. The van der Waals surface area contributed by atoms with E-state index in [0.717, 1.165) is 12.1 Å². The van der Waals surface area contributed by atoms with Gasteiger partial charge in [0.05, 0.1) is 5.41 Å². The van der Waals surface area contributed by atoms with Crippen LogP contribution in [0.15, 0.2) is 36.4 Å². The van der Waals surface area contributed by atoms with Gasteiger partial charge < -0.3 is 15.2 Å². The molecule has 1 fully saturated rings. The summed E-state index contributed by atoms with van der Waals surface area (Å²) >= 11 is 0. The van der Waals surface area contributed by atoms with Crippen LogP contribution in [-0.2, 0) is 15.0 Å². The summed E-state index contributed by atoms with van der Waals surface area (Å²) in [5.74, 6) is -2.65. The molecule has 1 saturated carbocycles. The number of aliphatic carboxylic acids is 1. The molecule has 0 unspecified atom stereocenters. The summed E-state index contributed by atoms with van der Waals surface area (Å²) < 4.78 is 33.6. The van der Waals surface area contributed by atoms with Gasteiger partial charge in [0.1, 0.15) is 17.4 Å². The van der Waals surface area contributed by atoms with Gasteiger partial charge in [0.25, 0.3) is 0 Å². The standard InChI is InChI=1S/C20H19F2NO4/c1-12-10-13(27-11-17(24)25)6-7-16(12)23-19(26)20(8-3-9-20)18-14(21)4-2-5-15(18)22/h2,4-7,10H,3,8-9,11H2,1H3,(H,23,26)(H,24,25). The van der Waals surface area contributed by atoms with Crippen LogP contribution in [-0.4, -0.2) is 23.6 Å². The summed E-state index contributed by atoms with van der Waals surface area (Å²) in [6.45, 7) is 1.25. The molecular formula is C20H19F2NO4. The average molecular weight is 375 g/mol. The molecule has 0 saturated heterocycles. The number of carbonyl (C=O) groups excluding carboxylic acids is 1. The number of carboxylic acids is 1. The maximum Gasteiger partial charge on any atom is 0.341 e. The Morgan fingerprint density at radius 2 is 1.85 bits per heavy atom. The van der Waals surface area contributed by atoms with E-state index in [1.165, 1.54) is 12.1 Å². The molecule has 1 aliphatic carbocycles. The Morgan fingerprint density at radius 1 is 1.19 bits per heavy atom. The number of carbonyl (C=O) groups is 2. The first-order valence-electron chi connectivity index (χ1n) is 8.55. The Labute approximate surface area is 155 Å². The molecule has 0 atom stereocenters. The summed E-state index contributed by atoms with van der Waals surface area (Å²) in [4.78, 5) is 23.5. The minimum absolute atomic E-state index is 0.187. The fourth-order valence-corrected chi connectivity index (χ4v) is 3.33. The molecule has 2 aromatic rings. The summed E-state index contributed by atoms with van der Waals surface area (Å²) in [5, 5.41) is 11.4. The van der Waals surface area contributed by atoms with Crippen LogP contribution in [0.1, 0.15) is 30.4 Å². The number of benzene rings is 2. The molecule has 5 nitrogen and oxygen atoms in total. The monoisotopic (exact) mass is 375 g/mol. The van der Waals surface area contributed by atoms with E-state index in [9.17, 15) is 18.4 Å².